The zero-order valence-corrected chi connectivity index (χ0v) is 18.9. The van der Waals surface area contributed by atoms with Gasteiger partial charge < -0.3 is 15.7 Å². The van der Waals surface area contributed by atoms with Gasteiger partial charge in [-0.15, -0.1) is 16.9 Å². The summed E-state index contributed by atoms with van der Waals surface area (Å²) in [6.45, 7) is 2.31. The number of thioether (sulfide) groups is 2. The van der Waals surface area contributed by atoms with Crippen LogP contribution in [0.4, 0.5) is 4.79 Å². The number of hydrogen-bond acceptors (Lipinski definition) is 8. The third-order valence-electron chi connectivity index (χ3n) is 5.07. The number of carboxylic acids is 1. The van der Waals surface area contributed by atoms with Crippen LogP contribution in [0.15, 0.2) is 40.7 Å². The number of amides is 3. The monoisotopic (exact) mass is 475 g/mol. The molecule has 0 bridgehead atoms. The first-order valence-corrected chi connectivity index (χ1v) is 11.7. The molecule has 1 saturated heterocycles. The molecule has 0 aliphatic carbocycles. The fourth-order valence-corrected chi connectivity index (χ4v) is 5.70. The Balaban J connectivity index is 1.38. The van der Waals surface area contributed by atoms with Crippen LogP contribution in [0.5, 0.6) is 0 Å². The molecular weight excluding hydrogens is 454 g/mol. The molecule has 3 amide bonds. The largest absolute Gasteiger partial charge is 0.477 e. The lowest BCUT2D eigenvalue weighted by atomic mass is 10.0. The highest BCUT2D eigenvalue weighted by Gasteiger charge is 2.54. The molecule has 13 heteroatoms. The van der Waals surface area contributed by atoms with Gasteiger partial charge in [0.15, 0.2) is 0 Å². The molecule has 1 fully saturated rings. The van der Waals surface area contributed by atoms with Crippen LogP contribution in [0, 0.1) is 6.92 Å². The van der Waals surface area contributed by atoms with E-state index in [0.717, 1.165) is 11.1 Å². The Morgan fingerprint density at radius 2 is 2.06 bits per heavy atom. The van der Waals surface area contributed by atoms with E-state index in [9.17, 15) is 19.5 Å². The Morgan fingerprint density at radius 3 is 2.72 bits per heavy atom. The van der Waals surface area contributed by atoms with E-state index >= 15 is 0 Å². The predicted molar refractivity (Wildman–Crippen MR) is 118 cm³/mol. The van der Waals surface area contributed by atoms with Gasteiger partial charge in [0.05, 0.1) is 0 Å². The fraction of sp³-hybridized carbons (Fsp3) is 0.368. The highest BCUT2D eigenvalue weighted by molar-refractivity contribution is 8.01. The number of carbonyl (C=O) groups excluding carboxylic acids is 2. The Kier molecular flexibility index (Phi) is 6.37. The van der Waals surface area contributed by atoms with Gasteiger partial charge in [-0.1, -0.05) is 41.6 Å². The van der Waals surface area contributed by atoms with Crippen molar-refractivity contribution in [1.82, 2.24) is 35.7 Å². The summed E-state index contributed by atoms with van der Waals surface area (Å²) in [4.78, 5) is 38.2. The predicted octanol–water partition coefficient (Wildman–Crippen LogP) is 0.732. The number of nitrogens with one attached hydrogen (secondary N) is 2. The minimum atomic E-state index is -1.17. The molecule has 3 N–H and O–H groups in total. The Bertz CT molecular complexity index is 1090. The van der Waals surface area contributed by atoms with Crippen LogP contribution >= 0.6 is 23.5 Å². The SMILES string of the molecule is Cc1ccc(CNC(=O)NC2C(=O)N3C(C(=O)O)=C(CSc4nnnn4C)CS[C@@H]23)cc1. The molecule has 0 saturated carbocycles. The Hall–Kier alpha value is -3.06. The third-order valence-corrected chi connectivity index (χ3v) is 7.50. The maximum Gasteiger partial charge on any atom is 0.352 e. The summed E-state index contributed by atoms with van der Waals surface area (Å²) in [7, 11) is 1.69. The number of urea groups is 1. The van der Waals surface area contributed by atoms with E-state index in [0.29, 0.717) is 28.8 Å². The zero-order chi connectivity index (χ0) is 22.8. The van der Waals surface area contributed by atoms with Crippen molar-refractivity contribution in [1.29, 1.82) is 0 Å². The molecule has 4 rings (SSSR count). The van der Waals surface area contributed by atoms with Gasteiger partial charge in [0, 0.05) is 25.1 Å². The summed E-state index contributed by atoms with van der Waals surface area (Å²) < 4.78 is 1.49. The third kappa shape index (κ3) is 4.43. The number of nitrogens with zero attached hydrogens (tertiary/aromatic N) is 5. The number of rotatable bonds is 7. The first-order chi connectivity index (χ1) is 15.3. The molecule has 11 nitrogen and oxygen atoms in total. The van der Waals surface area contributed by atoms with Crippen molar-refractivity contribution < 1.29 is 19.5 Å². The standard InChI is InChI=1S/C19H21N7O4S2/c1-10-3-5-11(6-4-10)7-20-18(30)21-13-15(27)26-14(17(28)29)12(8-31-16(13)26)9-32-19-22-23-24-25(19)2/h3-6,13,16H,7-9H2,1-2H3,(H,28,29)(H2,20,21,30)/t13?,16-/m0/s1. The molecular formula is C19H21N7O4S2. The average Bonchev–Trinajstić information content (AvgIpc) is 3.19. The average molecular weight is 476 g/mol. The lowest BCUT2D eigenvalue weighted by Gasteiger charge is -2.49. The van der Waals surface area contributed by atoms with Crippen LogP contribution in [-0.2, 0) is 23.2 Å². The van der Waals surface area contributed by atoms with Gasteiger partial charge >= 0.3 is 12.0 Å². The Morgan fingerprint density at radius 1 is 1.31 bits per heavy atom. The van der Waals surface area contributed by atoms with Crippen molar-refractivity contribution in [3.05, 3.63) is 46.7 Å². The fourth-order valence-electron chi connectivity index (χ4n) is 3.37. The summed E-state index contributed by atoms with van der Waals surface area (Å²) in [5, 5.41) is 26.4. The number of carboxylic acid groups (broad SMARTS) is 1. The van der Waals surface area contributed by atoms with Gasteiger partial charge in [-0.3, -0.25) is 9.69 Å². The highest BCUT2D eigenvalue weighted by Crippen LogP contribution is 2.41. The molecule has 2 aliphatic heterocycles. The van der Waals surface area contributed by atoms with Crippen LogP contribution in [0.3, 0.4) is 0 Å². The van der Waals surface area contributed by atoms with Crippen LogP contribution in [0.25, 0.3) is 0 Å². The summed E-state index contributed by atoms with van der Waals surface area (Å²) in [6, 6.07) is 6.51. The molecule has 1 unspecified atom stereocenters. The van der Waals surface area contributed by atoms with Crippen molar-refractivity contribution >= 4 is 41.4 Å². The topological polar surface area (TPSA) is 142 Å². The second-order valence-corrected chi connectivity index (χ2v) is 9.38. The molecule has 2 aliphatic rings. The first-order valence-electron chi connectivity index (χ1n) is 9.70. The second-order valence-electron chi connectivity index (χ2n) is 7.33. The van der Waals surface area contributed by atoms with Crippen molar-refractivity contribution in [2.24, 2.45) is 7.05 Å². The lowest BCUT2D eigenvalue weighted by Crippen LogP contribution is -2.71. The zero-order valence-electron chi connectivity index (χ0n) is 17.3. The molecule has 0 spiro atoms. The van der Waals surface area contributed by atoms with E-state index in [2.05, 4.69) is 26.2 Å². The van der Waals surface area contributed by atoms with Gasteiger partial charge in [-0.05, 0) is 28.5 Å². The molecule has 168 valence electrons. The number of aryl methyl sites for hydroxylation is 2. The molecule has 32 heavy (non-hydrogen) atoms. The number of aromatic nitrogens is 4. The van der Waals surface area contributed by atoms with E-state index in [4.69, 9.17) is 0 Å². The summed E-state index contributed by atoms with van der Waals surface area (Å²) >= 11 is 2.72. The normalized spacial score (nSPS) is 19.9. The number of aliphatic carboxylic acids is 1. The van der Waals surface area contributed by atoms with Gasteiger partial charge in [0.1, 0.15) is 17.1 Å². The van der Waals surface area contributed by atoms with Crippen molar-refractivity contribution in [3.8, 4) is 0 Å². The number of β-lactam (4-membered cyclic amide) rings is 1. The van der Waals surface area contributed by atoms with Crippen molar-refractivity contribution in [2.45, 2.75) is 30.0 Å². The highest BCUT2D eigenvalue weighted by atomic mass is 32.2. The lowest BCUT2D eigenvalue weighted by molar-refractivity contribution is -0.148. The molecule has 0 radical (unpaired) electrons. The number of hydrogen-bond donors (Lipinski definition) is 3. The molecule has 1 aromatic carbocycles. The molecule has 2 aromatic rings. The number of benzene rings is 1. The second kappa shape index (κ2) is 9.20. The summed E-state index contributed by atoms with van der Waals surface area (Å²) in [5.74, 6) is -0.836. The van der Waals surface area contributed by atoms with E-state index in [1.165, 1.54) is 33.1 Å². The van der Waals surface area contributed by atoms with E-state index in [-0.39, 0.29) is 5.70 Å². The van der Waals surface area contributed by atoms with Crippen molar-refractivity contribution in [2.75, 3.05) is 11.5 Å². The van der Waals surface area contributed by atoms with E-state index in [1.807, 2.05) is 31.2 Å². The maximum atomic E-state index is 12.7. The summed E-state index contributed by atoms with van der Waals surface area (Å²) in [5.41, 5.74) is 2.65. The minimum absolute atomic E-state index is 0.0282. The van der Waals surface area contributed by atoms with Gasteiger partial charge in [0.25, 0.3) is 5.91 Å². The number of tetrazole rings is 1. The van der Waals surface area contributed by atoms with Crippen LogP contribution in [0.2, 0.25) is 0 Å². The van der Waals surface area contributed by atoms with Crippen LogP contribution < -0.4 is 10.6 Å². The van der Waals surface area contributed by atoms with Gasteiger partial charge in [-0.2, -0.15) is 0 Å². The number of carbonyl (C=O) groups is 3. The van der Waals surface area contributed by atoms with E-state index < -0.39 is 29.3 Å². The molecule has 1 aromatic heterocycles. The summed E-state index contributed by atoms with van der Waals surface area (Å²) in [6.07, 6.45) is 0. The van der Waals surface area contributed by atoms with Gasteiger partial charge in [0.2, 0.25) is 5.16 Å². The Labute approximate surface area is 192 Å². The smallest absolute Gasteiger partial charge is 0.352 e. The molecule has 3 heterocycles. The first kappa shape index (κ1) is 22.1. The number of fused-ring (bicyclic) bond motifs is 1. The van der Waals surface area contributed by atoms with Crippen LogP contribution in [-0.4, -0.2) is 71.0 Å². The molecule has 2 atom stereocenters. The van der Waals surface area contributed by atoms with Gasteiger partial charge in [-0.25, -0.2) is 14.3 Å². The minimum Gasteiger partial charge on any atom is -0.477 e. The maximum absolute atomic E-state index is 12.7. The van der Waals surface area contributed by atoms with Crippen LogP contribution in [0.1, 0.15) is 11.1 Å². The van der Waals surface area contributed by atoms with Crippen molar-refractivity contribution in [3.63, 3.8) is 0 Å². The van der Waals surface area contributed by atoms with E-state index in [1.54, 1.807) is 7.05 Å². The quantitative estimate of drug-likeness (QED) is 0.390.